The number of aliphatic hydroxyl groups excluding tert-OH is 1. The van der Waals surface area contributed by atoms with Crippen LogP contribution in [-0.4, -0.2) is 88.0 Å². The maximum absolute atomic E-state index is 14.8. The number of anilines is 1. The molecule has 0 radical (unpaired) electrons. The highest BCUT2D eigenvalue weighted by Crippen LogP contribution is 2.26. The summed E-state index contributed by atoms with van der Waals surface area (Å²) in [6.07, 6.45) is 6.65. The molecule has 1 saturated heterocycles. The van der Waals surface area contributed by atoms with Gasteiger partial charge in [0.2, 0.25) is 5.91 Å². The molecule has 3 N–H and O–H groups in total. The summed E-state index contributed by atoms with van der Waals surface area (Å²) in [5.41, 5.74) is 1.02. The number of carbonyl (C=O) groups is 4. The minimum absolute atomic E-state index is 0.00830. The number of ether oxygens (including phenoxy) is 2. The number of aliphatic hydroxyl groups is 1. The van der Waals surface area contributed by atoms with Gasteiger partial charge in [0.25, 0.3) is 5.91 Å². The Labute approximate surface area is 292 Å². The number of carbonyl (C=O) groups excluding carboxylic acids is 4. The van der Waals surface area contributed by atoms with E-state index in [9.17, 15) is 28.7 Å². The number of alkyl halides is 1. The van der Waals surface area contributed by atoms with E-state index < -0.39 is 60.1 Å². The molecule has 0 aliphatic carbocycles. The van der Waals surface area contributed by atoms with E-state index in [4.69, 9.17) is 13.9 Å². The van der Waals surface area contributed by atoms with Crippen LogP contribution in [0.1, 0.15) is 56.4 Å². The highest BCUT2D eigenvalue weighted by Gasteiger charge is 2.39. The number of allylic oxidation sites excluding steroid dienone is 2. The average Bonchev–Trinajstić information content (AvgIpc) is 3.74. The Kier molecular flexibility index (Phi) is 13.6. The molecule has 2 bridgehead atoms. The van der Waals surface area contributed by atoms with Crippen LogP contribution < -0.4 is 10.6 Å². The Hall–Kier alpha value is -4.37. The molecule has 6 atom stereocenters. The molecule has 6 unspecified atom stereocenters. The second kappa shape index (κ2) is 17.9. The minimum atomic E-state index is -1.50. The van der Waals surface area contributed by atoms with Gasteiger partial charge in [-0.1, -0.05) is 43.7 Å². The van der Waals surface area contributed by atoms with Gasteiger partial charge >= 0.3 is 12.1 Å². The number of halogens is 2. The first-order chi connectivity index (χ1) is 23.4. The molecule has 0 spiro atoms. The summed E-state index contributed by atoms with van der Waals surface area (Å²) in [7, 11) is 0. The van der Waals surface area contributed by atoms with Crippen LogP contribution in [0.25, 0.3) is 0 Å². The molecule has 264 valence electrons. The van der Waals surface area contributed by atoms with Crippen LogP contribution in [-0.2, 0) is 25.5 Å². The molecule has 0 aromatic carbocycles. The first-order valence-electron chi connectivity index (χ1n) is 16.0. The zero-order valence-corrected chi connectivity index (χ0v) is 29.1. The van der Waals surface area contributed by atoms with E-state index in [0.29, 0.717) is 28.7 Å². The lowest BCUT2D eigenvalue weighted by Crippen LogP contribution is -2.44. The summed E-state index contributed by atoms with van der Waals surface area (Å²) in [5, 5.41) is 15.6. The predicted octanol–water partition coefficient (Wildman–Crippen LogP) is 4.69. The average molecular weight is 747 g/mol. The van der Waals surface area contributed by atoms with Gasteiger partial charge in [-0.05, 0) is 53.9 Å². The van der Waals surface area contributed by atoms with Gasteiger partial charge in [-0.15, -0.1) is 0 Å². The van der Waals surface area contributed by atoms with Crippen molar-refractivity contribution in [1.29, 1.82) is 0 Å². The van der Waals surface area contributed by atoms with Crippen molar-refractivity contribution in [3.8, 4) is 0 Å². The second-order valence-electron chi connectivity index (χ2n) is 12.1. The van der Waals surface area contributed by atoms with Gasteiger partial charge < -0.3 is 29.2 Å². The third-order valence-electron chi connectivity index (χ3n) is 8.01. The van der Waals surface area contributed by atoms with E-state index in [1.165, 1.54) is 23.2 Å². The molecule has 4 rings (SSSR count). The molecule has 3 amide bonds. The van der Waals surface area contributed by atoms with Crippen molar-refractivity contribution in [2.75, 3.05) is 25.0 Å². The van der Waals surface area contributed by atoms with Crippen LogP contribution in [0.4, 0.5) is 14.9 Å². The predicted molar refractivity (Wildman–Crippen MR) is 180 cm³/mol. The molecule has 2 aromatic heterocycles. The van der Waals surface area contributed by atoms with E-state index in [1.807, 2.05) is 0 Å². The van der Waals surface area contributed by atoms with Crippen molar-refractivity contribution in [2.45, 2.75) is 70.9 Å². The number of esters is 1. The number of cyclic esters (lactones) is 1. The molecule has 4 heterocycles. The monoisotopic (exact) mass is 745 g/mol. The normalized spacial score (nSPS) is 27.5. The lowest BCUT2D eigenvalue weighted by molar-refractivity contribution is -0.159. The van der Waals surface area contributed by atoms with E-state index in [0.717, 1.165) is 6.26 Å². The fraction of sp³-hybridized carbons (Fsp3) is 0.471. The van der Waals surface area contributed by atoms with Crippen molar-refractivity contribution >= 4 is 45.5 Å². The van der Waals surface area contributed by atoms with Gasteiger partial charge in [-0.2, -0.15) is 0 Å². The van der Waals surface area contributed by atoms with Gasteiger partial charge in [0.15, 0.2) is 11.6 Å². The summed E-state index contributed by atoms with van der Waals surface area (Å²) in [5.74, 6) is -2.66. The maximum atomic E-state index is 14.8. The number of nitrogens with zero attached hydrogens (tertiary/aromatic N) is 3. The van der Waals surface area contributed by atoms with Gasteiger partial charge in [-0.25, -0.2) is 23.9 Å². The Morgan fingerprint density at radius 3 is 2.84 bits per heavy atom. The van der Waals surface area contributed by atoms with Crippen LogP contribution in [0, 0.1) is 11.8 Å². The smallest absolute Gasteiger partial charge is 0.411 e. The summed E-state index contributed by atoms with van der Waals surface area (Å²) >= 11 is 3.23. The van der Waals surface area contributed by atoms with Crippen molar-refractivity contribution in [3.63, 3.8) is 0 Å². The minimum Gasteiger partial charge on any atom is -0.460 e. The zero-order chi connectivity index (χ0) is 35.5. The zero-order valence-electron chi connectivity index (χ0n) is 27.5. The maximum Gasteiger partial charge on any atom is 0.411 e. The van der Waals surface area contributed by atoms with Crippen molar-refractivity contribution in [2.24, 2.45) is 11.8 Å². The Balaban J connectivity index is 1.53. The first kappa shape index (κ1) is 37.4. The van der Waals surface area contributed by atoms with Gasteiger partial charge in [0.1, 0.15) is 29.2 Å². The quantitative estimate of drug-likeness (QED) is 0.295. The van der Waals surface area contributed by atoms with Crippen LogP contribution in [0.3, 0.4) is 0 Å². The van der Waals surface area contributed by atoms with Crippen molar-refractivity contribution < 1.29 is 42.6 Å². The van der Waals surface area contributed by atoms with Gasteiger partial charge in [0, 0.05) is 31.3 Å². The highest BCUT2D eigenvalue weighted by molar-refractivity contribution is 9.10. The van der Waals surface area contributed by atoms with Gasteiger partial charge in [0.05, 0.1) is 31.0 Å². The number of hydrogen-bond donors (Lipinski definition) is 3. The molecule has 0 saturated carbocycles. The number of pyridine rings is 1. The molecule has 15 heteroatoms. The van der Waals surface area contributed by atoms with E-state index in [1.54, 1.807) is 51.1 Å². The number of amides is 3. The third kappa shape index (κ3) is 11.3. The number of fused-ring (bicyclic) bond motifs is 3. The molecule has 13 nitrogen and oxygen atoms in total. The SMILES string of the molecule is CC1=C\C(O)CC(F)Cc2nc(co2)C(=O)N2CCCC2C(=O)OC(C(C)COC(=O)Nc2ccc(Br)nc2)C(C)/C=C/C(=O)NC\C=C\1. The van der Waals surface area contributed by atoms with E-state index in [-0.39, 0.29) is 44.1 Å². The van der Waals surface area contributed by atoms with Crippen molar-refractivity contribution in [3.05, 3.63) is 76.7 Å². The van der Waals surface area contributed by atoms with Crippen LogP contribution in [0.15, 0.2) is 69.6 Å². The number of aromatic nitrogens is 2. The van der Waals surface area contributed by atoms with Crippen LogP contribution in [0.2, 0.25) is 0 Å². The number of rotatable bonds is 4. The first-order valence-corrected chi connectivity index (χ1v) is 16.8. The second-order valence-corrected chi connectivity index (χ2v) is 12.9. The fourth-order valence-electron chi connectivity index (χ4n) is 5.54. The molecule has 1 fully saturated rings. The number of oxazole rings is 1. The topological polar surface area (TPSA) is 173 Å². The fourth-order valence-corrected chi connectivity index (χ4v) is 5.77. The third-order valence-corrected chi connectivity index (χ3v) is 8.48. The lowest BCUT2D eigenvalue weighted by atomic mass is 9.93. The summed E-state index contributed by atoms with van der Waals surface area (Å²) in [4.78, 5) is 61.7. The largest absolute Gasteiger partial charge is 0.460 e. The van der Waals surface area contributed by atoms with Gasteiger partial charge in [-0.3, -0.25) is 14.9 Å². The van der Waals surface area contributed by atoms with E-state index in [2.05, 4.69) is 36.5 Å². The molecular weight excluding hydrogens is 705 g/mol. The van der Waals surface area contributed by atoms with Crippen LogP contribution in [0.5, 0.6) is 0 Å². The Morgan fingerprint density at radius 1 is 1.29 bits per heavy atom. The summed E-state index contributed by atoms with van der Waals surface area (Å²) in [6.45, 7) is 5.57. The molecular formula is C34H41BrFN5O8. The standard InChI is InChI=1S/C34H41BrFN5O8/c1-20-6-4-12-37-29(43)11-8-21(2)31(22(3)18-48-34(46)39-24-9-10-28(35)38-17-24)49-33(45)27-7-5-13-41(27)32(44)26-19-47-30(40-26)16-23(36)15-25(42)14-20/h4,6,8-11,14,17,19,21-23,25,27,31,42H,5,7,12-13,15-16,18H2,1-3H3,(H,37,43)(H,39,46)/b6-4+,11-8+,20-14+. The Morgan fingerprint density at radius 2 is 2.08 bits per heavy atom. The molecule has 2 aromatic rings. The summed E-state index contributed by atoms with van der Waals surface area (Å²) < 4.78 is 32.2. The number of hydrogen-bond acceptors (Lipinski definition) is 10. The number of nitrogens with one attached hydrogen (secondary N) is 2. The molecule has 49 heavy (non-hydrogen) atoms. The van der Waals surface area contributed by atoms with Crippen molar-refractivity contribution in [1.82, 2.24) is 20.2 Å². The van der Waals surface area contributed by atoms with E-state index >= 15 is 0 Å². The molecule has 2 aliphatic heterocycles. The molecule has 2 aliphatic rings. The lowest BCUT2D eigenvalue weighted by Gasteiger charge is -2.30. The van der Waals surface area contributed by atoms with Crippen LogP contribution >= 0.6 is 15.9 Å². The Bertz CT molecular complexity index is 1560. The highest BCUT2D eigenvalue weighted by atomic mass is 79.9. The summed E-state index contributed by atoms with van der Waals surface area (Å²) in [6, 6.07) is 2.38.